The van der Waals surface area contributed by atoms with Crippen molar-refractivity contribution in [1.29, 1.82) is 0 Å². The predicted octanol–water partition coefficient (Wildman–Crippen LogP) is 7.22. The summed E-state index contributed by atoms with van der Waals surface area (Å²) in [5, 5.41) is 10.0. The summed E-state index contributed by atoms with van der Waals surface area (Å²) in [4.78, 5) is 25.0. The number of hydrogen-bond donors (Lipinski definition) is 1. The van der Waals surface area contributed by atoms with E-state index in [-0.39, 0.29) is 32.9 Å². The van der Waals surface area contributed by atoms with Crippen molar-refractivity contribution in [2.24, 2.45) is 50.2 Å². The number of hydrogen-bond acceptors (Lipinski definition) is 2. The maximum Gasteiger partial charge on any atom is 0.309 e. The smallest absolute Gasteiger partial charge is 0.309 e. The second-order valence-corrected chi connectivity index (χ2v) is 14.4. The molecule has 0 amide bonds. The SMILES string of the molecule is CC1(C)C(=O)C=C[C@]2(C)[C@H]3CC=C4[C@@H]5C[C@](C)(C(=O)O)CC[C@]5(C)CC[C@@]4(C)[C@]3(C)CC[C@@H]12. The van der Waals surface area contributed by atoms with Crippen LogP contribution in [0.25, 0.3) is 0 Å². The van der Waals surface area contributed by atoms with Crippen molar-refractivity contribution in [3.8, 4) is 0 Å². The molecule has 0 aliphatic heterocycles. The van der Waals surface area contributed by atoms with Gasteiger partial charge in [-0.2, -0.15) is 0 Å². The van der Waals surface area contributed by atoms with Crippen molar-refractivity contribution < 1.29 is 14.7 Å². The highest BCUT2D eigenvalue weighted by Crippen LogP contribution is 2.74. The molecule has 0 aromatic rings. The van der Waals surface area contributed by atoms with E-state index in [0.29, 0.717) is 17.8 Å². The van der Waals surface area contributed by atoms with E-state index >= 15 is 0 Å². The van der Waals surface area contributed by atoms with Crippen LogP contribution in [0.5, 0.6) is 0 Å². The number of rotatable bonds is 1. The van der Waals surface area contributed by atoms with Gasteiger partial charge in [-0.3, -0.25) is 9.59 Å². The molecule has 5 aliphatic carbocycles. The molecule has 0 spiro atoms. The predicted molar refractivity (Wildman–Crippen MR) is 132 cm³/mol. The first-order valence-corrected chi connectivity index (χ1v) is 13.3. The van der Waals surface area contributed by atoms with E-state index in [9.17, 15) is 14.7 Å². The Labute approximate surface area is 200 Å². The number of carbonyl (C=O) groups excluding carboxylic acids is 1. The van der Waals surface area contributed by atoms with E-state index in [4.69, 9.17) is 0 Å². The molecule has 5 aliphatic rings. The first kappa shape index (κ1) is 23.4. The van der Waals surface area contributed by atoms with Gasteiger partial charge in [-0.05, 0) is 104 Å². The van der Waals surface area contributed by atoms with Crippen LogP contribution in [0.15, 0.2) is 23.8 Å². The van der Waals surface area contributed by atoms with E-state index in [1.165, 1.54) is 12.8 Å². The van der Waals surface area contributed by atoms with Gasteiger partial charge in [0.1, 0.15) is 0 Å². The van der Waals surface area contributed by atoms with Gasteiger partial charge in [0.15, 0.2) is 5.78 Å². The normalized spacial score (nSPS) is 52.6. The highest BCUT2D eigenvalue weighted by molar-refractivity contribution is 5.95. The summed E-state index contributed by atoms with van der Waals surface area (Å²) in [5.74, 6) is 0.937. The second kappa shape index (κ2) is 6.64. The Morgan fingerprint density at radius 2 is 1.61 bits per heavy atom. The fourth-order valence-corrected chi connectivity index (χ4v) is 9.85. The van der Waals surface area contributed by atoms with Crippen LogP contribution in [0, 0.1) is 50.2 Å². The summed E-state index contributed by atoms with van der Waals surface area (Å²) in [7, 11) is 0. The topological polar surface area (TPSA) is 54.4 Å². The Kier molecular flexibility index (Phi) is 4.70. The quantitative estimate of drug-likeness (QED) is 0.427. The fraction of sp³-hybridized carbons (Fsp3) is 0.800. The maximum atomic E-state index is 12.8. The average molecular weight is 453 g/mol. The van der Waals surface area contributed by atoms with Gasteiger partial charge < -0.3 is 5.11 Å². The van der Waals surface area contributed by atoms with Gasteiger partial charge in [0.05, 0.1) is 5.41 Å². The zero-order valence-corrected chi connectivity index (χ0v) is 21.9. The lowest BCUT2D eigenvalue weighted by Gasteiger charge is -2.70. The molecule has 0 heterocycles. The molecule has 0 unspecified atom stereocenters. The minimum Gasteiger partial charge on any atom is -0.481 e. The van der Waals surface area contributed by atoms with Crippen LogP contribution in [0.4, 0.5) is 0 Å². The molecule has 182 valence electrons. The number of carboxylic acids is 1. The zero-order valence-electron chi connectivity index (χ0n) is 21.9. The van der Waals surface area contributed by atoms with E-state index in [1.54, 1.807) is 5.57 Å². The van der Waals surface area contributed by atoms with Crippen LogP contribution in [-0.4, -0.2) is 16.9 Å². The summed E-state index contributed by atoms with van der Waals surface area (Å²) >= 11 is 0. The number of aliphatic carboxylic acids is 1. The minimum atomic E-state index is -0.621. The number of ketones is 1. The Morgan fingerprint density at radius 1 is 0.939 bits per heavy atom. The lowest BCUT2D eigenvalue weighted by Crippen LogP contribution is -2.63. The molecule has 3 heteroatoms. The molecule has 0 saturated heterocycles. The van der Waals surface area contributed by atoms with Crippen molar-refractivity contribution in [2.75, 3.05) is 0 Å². The molecule has 8 atom stereocenters. The van der Waals surface area contributed by atoms with Gasteiger partial charge in [0.2, 0.25) is 0 Å². The Balaban J connectivity index is 1.60. The van der Waals surface area contributed by atoms with Gasteiger partial charge in [-0.1, -0.05) is 59.3 Å². The molecule has 3 saturated carbocycles. The van der Waals surface area contributed by atoms with Crippen molar-refractivity contribution in [3.05, 3.63) is 23.8 Å². The first-order valence-electron chi connectivity index (χ1n) is 13.3. The molecule has 0 bridgehead atoms. The van der Waals surface area contributed by atoms with Gasteiger partial charge in [-0.15, -0.1) is 0 Å². The second-order valence-electron chi connectivity index (χ2n) is 14.4. The highest BCUT2D eigenvalue weighted by Gasteiger charge is 2.67. The number of carboxylic acid groups (broad SMARTS) is 1. The Hall–Kier alpha value is -1.38. The Bertz CT molecular complexity index is 973. The number of carbonyl (C=O) groups is 2. The van der Waals surface area contributed by atoms with Crippen molar-refractivity contribution in [2.45, 2.75) is 99.8 Å². The van der Waals surface area contributed by atoms with Gasteiger partial charge in [0, 0.05) is 5.41 Å². The summed E-state index contributed by atoms with van der Waals surface area (Å²) < 4.78 is 0. The molecular weight excluding hydrogens is 408 g/mol. The molecular formula is C30H44O3. The third-order valence-electron chi connectivity index (χ3n) is 12.6. The summed E-state index contributed by atoms with van der Waals surface area (Å²) in [6, 6.07) is 0. The largest absolute Gasteiger partial charge is 0.481 e. The van der Waals surface area contributed by atoms with E-state index in [2.05, 4.69) is 53.7 Å². The average Bonchev–Trinajstić information content (AvgIpc) is 2.73. The Morgan fingerprint density at radius 3 is 2.27 bits per heavy atom. The van der Waals surface area contributed by atoms with Gasteiger partial charge in [-0.25, -0.2) is 0 Å². The standard InChI is InChI=1S/C30H44O3/c1-25(2)21-10-13-30(7)22(28(21,5)12-11-23(25)31)9-8-19-20-18-27(4,24(32)33)15-14-26(20,3)16-17-29(19,30)6/h8,11-12,20-22H,9-10,13-18H2,1-7H3,(H,32,33)/t20-,21-,22+,26+,27+,28-,29+,30+/m0/s1. The molecule has 3 fully saturated rings. The lowest BCUT2D eigenvalue weighted by molar-refractivity contribution is -0.165. The van der Waals surface area contributed by atoms with Crippen LogP contribution in [0.2, 0.25) is 0 Å². The number of fused-ring (bicyclic) bond motifs is 7. The molecule has 0 aromatic carbocycles. The number of allylic oxidation sites excluding steroid dienone is 4. The molecule has 33 heavy (non-hydrogen) atoms. The first-order chi connectivity index (χ1) is 15.1. The fourth-order valence-electron chi connectivity index (χ4n) is 9.85. The van der Waals surface area contributed by atoms with Crippen LogP contribution in [0.1, 0.15) is 99.8 Å². The van der Waals surface area contributed by atoms with Crippen molar-refractivity contribution in [1.82, 2.24) is 0 Å². The summed E-state index contributed by atoms with van der Waals surface area (Å²) in [6.45, 7) is 16.2. The van der Waals surface area contributed by atoms with E-state index < -0.39 is 11.4 Å². The van der Waals surface area contributed by atoms with Crippen LogP contribution >= 0.6 is 0 Å². The van der Waals surface area contributed by atoms with E-state index in [1.807, 2.05) is 13.0 Å². The lowest BCUT2D eigenvalue weighted by atomic mass is 9.34. The molecule has 3 nitrogen and oxygen atoms in total. The maximum absolute atomic E-state index is 12.8. The van der Waals surface area contributed by atoms with Crippen LogP contribution < -0.4 is 0 Å². The van der Waals surface area contributed by atoms with Crippen LogP contribution in [-0.2, 0) is 9.59 Å². The molecule has 5 rings (SSSR count). The monoisotopic (exact) mass is 452 g/mol. The third kappa shape index (κ3) is 2.74. The van der Waals surface area contributed by atoms with Gasteiger partial charge >= 0.3 is 5.97 Å². The minimum absolute atomic E-state index is 0.0261. The molecule has 1 N–H and O–H groups in total. The van der Waals surface area contributed by atoms with Gasteiger partial charge in [0.25, 0.3) is 0 Å². The summed E-state index contributed by atoms with van der Waals surface area (Å²) in [6.07, 6.45) is 15.1. The highest BCUT2D eigenvalue weighted by atomic mass is 16.4. The van der Waals surface area contributed by atoms with E-state index in [0.717, 1.165) is 38.5 Å². The molecule has 0 aromatic heterocycles. The third-order valence-corrected chi connectivity index (χ3v) is 12.6. The summed E-state index contributed by atoms with van der Waals surface area (Å²) in [5.41, 5.74) is 1.20. The van der Waals surface area contributed by atoms with Crippen LogP contribution in [0.3, 0.4) is 0 Å². The van der Waals surface area contributed by atoms with Crippen molar-refractivity contribution >= 4 is 11.8 Å². The molecule has 0 radical (unpaired) electrons. The zero-order chi connectivity index (χ0) is 24.2. The van der Waals surface area contributed by atoms with Crippen molar-refractivity contribution in [3.63, 3.8) is 0 Å².